The molecule has 0 rings (SSSR count). The first kappa shape index (κ1) is 29.8. The maximum Gasteiger partial charge on any atom is 0.305 e. The van der Waals surface area contributed by atoms with Crippen molar-refractivity contribution < 1.29 is 39.6 Å². The molecule has 0 unspecified atom stereocenters. The van der Waals surface area contributed by atoms with E-state index in [2.05, 4.69) is 0 Å². The van der Waals surface area contributed by atoms with Gasteiger partial charge in [-0.1, -0.05) is 55.4 Å². The van der Waals surface area contributed by atoms with Gasteiger partial charge >= 0.3 is 23.9 Å². The Bertz CT molecular complexity index is 298. The smallest absolute Gasteiger partial charge is 0.305 e. The van der Waals surface area contributed by atoms with Gasteiger partial charge in [-0.2, -0.15) is 0 Å². The van der Waals surface area contributed by atoms with E-state index >= 15 is 0 Å². The number of hydrogen-bond donors (Lipinski definition) is 4. The van der Waals surface area contributed by atoms with Gasteiger partial charge in [-0.15, -0.1) is 0 Å². The summed E-state index contributed by atoms with van der Waals surface area (Å²) in [5.41, 5.74) is 0. The third-order valence-corrected chi connectivity index (χ3v) is 1.98. The van der Waals surface area contributed by atoms with E-state index in [1.54, 1.807) is 55.4 Å². The summed E-state index contributed by atoms with van der Waals surface area (Å²) in [5, 5.41) is 32.0. The lowest BCUT2D eigenvalue weighted by Crippen LogP contribution is -2.03. The van der Waals surface area contributed by atoms with Crippen molar-refractivity contribution in [3.05, 3.63) is 0 Å². The van der Waals surface area contributed by atoms with Crippen LogP contribution in [0.25, 0.3) is 0 Å². The zero-order valence-electron chi connectivity index (χ0n) is 15.7. The van der Waals surface area contributed by atoms with Crippen molar-refractivity contribution in [2.45, 2.75) is 55.4 Å². The van der Waals surface area contributed by atoms with Gasteiger partial charge in [0.2, 0.25) is 0 Å². The van der Waals surface area contributed by atoms with Crippen LogP contribution in [-0.4, -0.2) is 44.3 Å². The molecule has 0 bridgehead atoms. The molecule has 0 amide bonds. The van der Waals surface area contributed by atoms with Crippen molar-refractivity contribution in [1.82, 2.24) is 0 Å². The van der Waals surface area contributed by atoms with Crippen molar-refractivity contribution in [3.63, 3.8) is 0 Å². The van der Waals surface area contributed by atoms with Crippen molar-refractivity contribution >= 4 is 23.9 Å². The van der Waals surface area contributed by atoms with E-state index in [1.807, 2.05) is 0 Å². The molecule has 0 aromatic heterocycles. The second-order valence-electron chi connectivity index (χ2n) is 5.97. The molecular formula is C16H32O8. The summed E-state index contributed by atoms with van der Waals surface area (Å²) in [7, 11) is 0. The highest BCUT2D eigenvalue weighted by molar-refractivity contribution is 5.69. The van der Waals surface area contributed by atoms with E-state index in [0.29, 0.717) is 0 Å². The first-order chi connectivity index (χ1) is 10.6. The molecule has 8 nitrogen and oxygen atoms in total. The van der Waals surface area contributed by atoms with Crippen LogP contribution in [0, 0.1) is 23.7 Å². The Morgan fingerprint density at radius 3 is 0.458 bits per heavy atom. The molecule has 144 valence electrons. The minimum Gasteiger partial charge on any atom is -0.481 e. The highest BCUT2D eigenvalue weighted by Gasteiger charge is 2.00. The van der Waals surface area contributed by atoms with Gasteiger partial charge in [0.1, 0.15) is 0 Å². The van der Waals surface area contributed by atoms with Crippen LogP contribution in [0.2, 0.25) is 0 Å². The average molecular weight is 352 g/mol. The Labute approximate surface area is 143 Å². The van der Waals surface area contributed by atoms with Crippen molar-refractivity contribution in [3.8, 4) is 0 Å². The van der Waals surface area contributed by atoms with E-state index in [-0.39, 0.29) is 23.7 Å². The van der Waals surface area contributed by atoms with Gasteiger partial charge < -0.3 is 20.4 Å². The number of carbonyl (C=O) groups is 4. The van der Waals surface area contributed by atoms with Gasteiger partial charge in [-0.05, 0) is 0 Å². The Kier molecular flexibility index (Phi) is 21.4. The van der Waals surface area contributed by atoms with Crippen LogP contribution in [0.3, 0.4) is 0 Å². The first-order valence-corrected chi connectivity index (χ1v) is 7.48. The molecule has 0 heterocycles. The molecule has 8 heteroatoms. The van der Waals surface area contributed by atoms with Gasteiger partial charge in [0, 0.05) is 0 Å². The molecule has 0 saturated heterocycles. The Morgan fingerprint density at radius 1 is 0.417 bits per heavy atom. The maximum atomic E-state index is 9.70. The molecule has 0 aromatic rings. The third kappa shape index (κ3) is 36.8. The minimum absolute atomic E-state index is 0.231. The van der Waals surface area contributed by atoms with Crippen LogP contribution >= 0.6 is 0 Å². The summed E-state index contributed by atoms with van der Waals surface area (Å²) in [6, 6.07) is 0. The Balaban J connectivity index is -0.000000111. The van der Waals surface area contributed by atoms with E-state index in [0.717, 1.165) is 0 Å². The zero-order chi connectivity index (χ0) is 20.6. The molecule has 0 spiro atoms. The monoisotopic (exact) mass is 352 g/mol. The quantitative estimate of drug-likeness (QED) is 0.603. The van der Waals surface area contributed by atoms with E-state index in [1.165, 1.54) is 0 Å². The largest absolute Gasteiger partial charge is 0.481 e. The topological polar surface area (TPSA) is 149 Å². The maximum absolute atomic E-state index is 9.70. The van der Waals surface area contributed by atoms with Crippen molar-refractivity contribution in [1.29, 1.82) is 0 Å². The molecule has 0 atom stereocenters. The summed E-state index contributed by atoms with van der Waals surface area (Å²) >= 11 is 0. The van der Waals surface area contributed by atoms with Crippen LogP contribution in [0.1, 0.15) is 55.4 Å². The number of hydrogen-bond acceptors (Lipinski definition) is 4. The highest BCUT2D eigenvalue weighted by atomic mass is 16.4. The number of aliphatic carboxylic acids is 4. The molecule has 0 aromatic carbocycles. The summed E-state index contributed by atoms with van der Waals surface area (Å²) in [5.74, 6) is -3.89. The summed E-state index contributed by atoms with van der Waals surface area (Å²) in [6.07, 6.45) is 0. The summed E-state index contributed by atoms with van der Waals surface area (Å²) < 4.78 is 0. The van der Waals surface area contributed by atoms with Crippen molar-refractivity contribution in [2.75, 3.05) is 0 Å². The number of rotatable bonds is 4. The molecule has 24 heavy (non-hydrogen) atoms. The van der Waals surface area contributed by atoms with Crippen molar-refractivity contribution in [2.24, 2.45) is 23.7 Å². The Morgan fingerprint density at radius 2 is 0.458 bits per heavy atom. The van der Waals surface area contributed by atoms with Crippen LogP contribution in [0.4, 0.5) is 0 Å². The van der Waals surface area contributed by atoms with Gasteiger partial charge in [0.15, 0.2) is 0 Å². The molecule has 0 fully saturated rings. The molecule has 4 N–H and O–H groups in total. The summed E-state index contributed by atoms with van der Waals surface area (Å²) in [6.45, 7) is 13.1. The Hall–Kier alpha value is -2.12. The van der Waals surface area contributed by atoms with Gasteiger partial charge in [0.25, 0.3) is 0 Å². The fraction of sp³-hybridized carbons (Fsp3) is 0.750. The highest BCUT2D eigenvalue weighted by Crippen LogP contribution is 1.88. The fourth-order valence-electron chi connectivity index (χ4n) is 0. The van der Waals surface area contributed by atoms with Gasteiger partial charge in [0.05, 0.1) is 23.7 Å². The average Bonchev–Trinajstić information content (AvgIpc) is 2.40. The summed E-state index contributed by atoms with van der Waals surface area (Å²) in [4.78, 5) is 38.8. The first-order valence-electron chi connectivity index (χ1n) is 7.48. The standard InChI is InChI=1S/4C4H8O2/c4*1-3(2)4(5)6/h4*3H,1-2H3,(H,5,6). The predicted molar refractivity (Wildman–Crippen MR) is 89.9 cm³/mol. The second kappa shape index (κ2) is 17.2. The van der Waals surface area contributed by atoms with Gasteiger partial charge in [-0.3, -0.25) is 19.2 Å². The van der Waals surface area contributed by atoms with E-state index < -0.39 is 23.9 Å². The SMILES string of the molecule is CC(C)C(=O)O.CC(C)C(=O)O.CC(C)C(=O)O.CC(C)C(=O)O. The lowest BCUT2D eigenvalue weighted by Gasteiger charge is -1.89. The molecular weight excluding hydrogens is 320 g/mol. The number of carboxylic acids is 4. The molecule has 0 radical (unpaired) electrons. The molecule has 0 aliphatic heterocycles. The normalized spacial score (nSPS) is 9.17. The van der Waals surface area contributed by atoms with Gasteiger partial charge in [-0.25, -0.2) is 0 Å². The predicted octanol–water partition coefficient (Wildman–Crippen LogP) is 2.91. The van der Waals surface area contributed by atoms with Crippen LogP contribution in [0.15, 0.2) is 0 Å². The van der Waals surface area contributed by atoms with E-state index in [4.69, 9.17) is 20.4 Å². The lowest BCUT2D eigenvalue weighted by atomic mass is 10.2. The third-order valence-electron chi connectivity index (χ3n) is 1.98. The zero-order valence-corrected chi connectivity index (χ0v) is 15.7. The molecule has 0 aliphatic rings. The fourth-order valence-corrected chi connectivity index (χ4v) is 0. The van der Waals surface area contributed by atoms with Crippen LogP contribution in [0.5, 0.6) is 0 Å². The minimum atomic E-state index is -0.741. The number of carboxylic acid groups (broad SMARTS) is 4. The van der Waals surface area contributed by atoms with Crippen LogP contribution < -0.4 is 0 Å². The van der Waals surface area contributed by atoms with E-state index in [9.17, 15) is 19.2 Å². The van der Waals surface area contributed by atoms with Crippen LogP contribution in [-0.2, 0) is 19.2 Å². The lowest BCUT2D eigenvalue weighted by molar-refractivity contribution is -0.141. The molecule has 0 saturated carbocycles. The molecule has 0 aliphatic carbocycles. The second-order valence-corrected chi connectivity index (χ2v) is 5.97.